The minimum absolute atomic E-state index is 0.0282. The fourth-order valence-electron chi connectivity index (χ4n) is 4.43. The van der Waals surface area contributed by atoms with Gasteiger partial charge < -0.3 is 23.8 Å². The Balaban J connectivity index is 1.24. The Hall–Kier alpha value is -4.80. The minimum atomic E-state index is -0.538. The lowest BCUT2D eigenvalue weighted by atomic mass is 10.1. The topological polar surface area (TPSA) is 117 Å². The van der Waals surface area contributed by atoms with E-state index in [1.54, 1.807) is 56.0 Å². The van der Waals surface area contributed by atoms with Crippen LogP contribution in [0.3, 0.4) is 0 Å². The molecule has 1 aliphatic heterocycles. The first kappa shape index (κ1) is 32.1. The highest BCUT2D eigenvalue weighted by atomic mass is 16.6. The SMILES string of the molecule is CC(C)(C)OC(=O)COCCOCCOc1ccc(CN2C(=O)/C(=C/C=C/c3ccc([N+](=O)[O-])cc3)c3ccccc32)cc1. The highest BCUT2D eigenvalue weighted by Crippen LogP contribution is 2.37. The number of anilines is 1. The van der Waals surface area contributed by atoms with Gasteiger partial charge in [-0.2, -0.15) is 0 Å². The van der Waals surface area contributed by atoms with Crippen molar-refractivity contribution < 1.29 is 33.5 Å². The number of nitro benzene ring substituents is 1. The van der Waals surface area contributed by atoms with Crippen LogP contribution in [0.2, 0.25) is 0 Å². The predicted molar refractivity (Wildman–Crippen MR) is 167 cm³/mol. The monoisotopic (exact) mass is 600 g/mol. The fourth-order valence-corrected chi connectivity index (χ4v) is 4.43. The summed E-state index contributed by atoms with van der Waals surface area (Å²) in [5.41, 5.74) is 3.49. The molecule has 1 heterocycles. The van der Waals surface area contributed by atoms with E-state index in [1.165, 1.54) is 12.1 Å². The van der Waals surface area contributed by atoms with Crippen LogP contribution in [0, 0.1) is 10.1 Å². The number of non-ortho nitro benzene ring substituents is 1. The summed E-state index contributed by atoms with van der Waals surface area (Å²) in [6.45, 7) is 7.02. The van der Waals surface area contributed by atoms with E-state index in [0.717, 1.165) is 22.4 Å². The Labute approximate surface area is 256 Å². The van der Waals surface area contributed by atoms with Gasteiger partial charge in [0.05, 0.1) is 37.0 Å². The molecule has 0 saturated heterocycles. The number of hydrogen-bond donors (Lipinski definition) is 0. The molecule has 4 rings (SSSR count). The van der Waals surface area contributed by atoms with Gasteiger partial charge in [0.25, 0.3) is 11.6 Å². The summed E-state index contributed by atoms with van der Waals surface area (Å²) in [4.78, 5) is 37.2. The average molecular weight is 601 g/mol. The first-order valence-electron chi connectivity index (χ1n) is 14.2. The lowest BCUT2D eigenvalue weighted by Gasteiger charge is -2.19. The molecule has 0 radical (unpaired) electrons. The van der Waals surface area contributed by atoms with E-state index in [2.05, 4.69) is 0 Å². The van der Waals surface area contributed by atoms with E-state index in [0.29, 0.717) is 37.7 Å². The van der Waals surface area contributed by atoms with Gasteiger partial charge in [-0.25, -0.2) is 4.79 Å². The van der Waals surface area contributed by atoms with Crippen molar-refractivity contribution in [3.05, 3.63) is 112 Å². The molecule has 0 saturated carbocycles. The molecule has 3 aromatic carbocycles. The molecule has 10 heteroatoms. The number of nitro groups is 1. The van der Waals surface area contributed by atoms with Gasteiger partial charge in [-0.05, 0) is 68.3 Å². The lowest BCUT2D eigenvalue weighted by molar-refractivity contribution is -0.384. The summed E-state index contributed by atoms with van der Waals surface area (Å²) >= 11 is 0. The third-order valence-corrected chi connectivity index (χ3v) is 6.39. The highest BCUT2D eigenvalue weighted by Gasteiger charge is 2.31. The van der Waals surface area contributed by atoms with Crippen LogP contribution in [0.1, 0.15) is 37.5 Å². The Kier molecular flexibility index (Phi) is 11.0. The molecule has 3 aromatic rings. The maximum atomic E-state index is 13.4. The molecule has 1 aliphatic rings. The van der Waals surface area contributed by atoms with Crippen molar-refractivity contribution in [2.45, 2.75) is 32.9 Å². The second-order valence-corrected chi connectivity index (χ2v) is 10.9. The van der Waals surface area contributed by atoms with Crippen molar-refractivity contribution in [1.82, 2.24) is 0 Å². The maximum Gasteiger partial charge on any atom is 0.332 e. The van der Waals surface area contributed by atoms with Gasteiger partial charge in [-0.15, -0.1) is 0 Å². The van der Waals surface area contributed by atoms with Crippen molar-refractivity contribution in [2.24, 2.45) is 0 Å². The number of allylic oxidation sites excluding steroid dienone is 2. The third kappa shape index (κ3) is 9.35. The molecule has 230 valence electrons. The molecule has 0 N–H and O–H groups in total. The number of amides is 1. The Morgan fingerprint density at radius 1 is 0.909 bits per heavy atom. The summed E-state index contributed by atoms with van der Waals surface area (Å²) in [6, 6.07) is 21.4. The van der Waals surface area contributed by atoms with Gasteiger partial charge in [0.15, 0.2) is 0 Å². The lowest BCUT2D eigenvalue weighted by Crippen LogP contribution is -2.27. The minimum Gasteiger partial charge on any atom is -0.491 e. The number of carbonyl (C=O) groups is 2. The Morgan fingerprint density at radius 3 is 2.30 bits per heavy atom. The summed E-state index contributed by atoms with van der Waals surface area (Å²) < 4.78 is 21.7. The maximum absolute atomic E-state index is 13.4. The van der Waals surface area contributed by atoms with Crippen LogP contribution >= 0.6 is 0 Å². The highest BCUT2D eigenvalue weighted by molar-refractivity contribution is 6.32. The van der Waals surface area contributed by atoms with Crippen molar-refractivity contribution in [3.63, 3.8) is 0 Å². The molecule has 0 aromatic heterocycles. The zero-order valence-electron chi connectivity index (χ0n) is 25.1. The molecular weight excluding hydrogens is 564 g/mol. The summed E-state index contributed by atoms with van der Waals surface area (Å²) in [5.74, 6) is 0.171. The second kappa shape index (κ2) is 15.1. The number of fused-ring (bicyclic) bond motifs is 1. The van der Waals surface area contributed by atoms with Crippen LogP contribution in [-0.4, -0.2) is 55.4 Å². The zero-order valence-corrected chi connectivity index (χ0v) is 25.1. The van der Waals surface area contributed by atoms with Gasteiger partial charge in [0.1, 0.15) is 24.6 Å². The van der Waals surface area contributed by atoms with E-state index in [-0.39, 0.29) is 24.8 Å². The number of benzene rings is 3. The third-order valence-electron chi connectivity index (χ3n) is 6.39. The molecule has 0 spiro atoms. The molecule has 44 heavy (non-hydrogen) atoms. The van der Waals surface area contributed by atoms with E-state index in [1.807, 2.05) is 48.5 Å². The van der Waals surface area contributed by atoms with Crippen LogP contribution in [0.15, 0.2) is 84.9 Å². The van der Waals surface area contributed by atoms with Crippen LogP contribution in [0.5, 0.6) is 5.75 Å². The standard InChI is InChI=1S/C34H36N2O8/c1-34(2,3)44-32(37)24-42-20-19-41-21-22-43-28-17-13-26(14-18-28)23-35-31-10-5-4-8-29(31)30(33(35)38)9-6-7-25-11-15-27(16-12-25)36(39)40/h4-18H,19-24H2,1-3H3/b7-6+,30-9+. The number of rotatable bonds is 14. The van der Waals surface area contributed by atoms with Gasteiger partial charge in [-0.3, -0.25) is 14.9 Å². The van der Waals surface area contributed by atoms with E-state index < -0.39 is 16.5 Å². The molecule has 0 unspecified atom stereocenters. The Bertz CT molecular complexity index is 1510. The summed E-state index contributed by atoms with van der Waals surface area (Å²) in [5, 5.41) is 10.9. The average Bonchev–Trinajstić information content (AvgIpc) is 3.25. The smallest absolute Gasteiger partial charge is 0.332 e. The molecule has 0 aliphatic carbocycles. The van der Waals surface area contributed by atoms with Crippen molar-refractivity contribution in [2.75, 3.05) is 37.9 Å². The zero-order chi connectivity index (χ0) is 31.5. The number of nitrogens with zero attached hydrogens (tertiary/aromatic N) is 2. The Morgan fingerprint density at radius 2 is 1.59 bits per heavy atom. The van der Waals surface area contributed by atoms with Crippen molar-refractivity contribution in [3.8, 4) is 5.75 Å². The quantitative estimate of drug-likeness (QED) is 0.0728. The first-order chi connectivity index (χ1) is 21.1. The molecule has 0 bridgehead atoms. The largest absolute Gasteiger partial charge is 0.491 e. The van der Waals surface area contributed by atoms with Crippen LogP contribution < -0.4 is 9.64 Å². The van der Waals surface area contributed by atoms with Gasteiger partial charge in [0, 0.05) is 23.3 Å². The molecule has 10 nitrogen and oxygen atoms in total. The molecule has 0 atom stereocenters. The van der Waals surface area contributed by atoms with E-state index in [9.17, 15) is 19.7 Å². The fraction of sp³-hybridized carbons (Fsp3) is 0.294. The van der Waals surface area contributed by atoms with Gasteiger partial charge in [0.2, 0.25) is 0 Å². The number of esters is 1. The first-order valence-corrected chi connectivity index (χ1v) is 14.2. The normalized spacial score (nSPS) is 13.8. The van der Waals surface area contributed by atoms with E-state index in [4.69, 9.17) is 18.9 Å². The molecular formula is C34H36N2O8. The van der Waals surface area contributed by atoms with Gasteiger partial charge in [-0.1, -0.05) is 42.5 Å². The number of hydrogen-bond acceptors (Lipinski definition) is 8. The predicted octanol–water partition coefficient (Wildman–Crippen LogP) is 5.99. The molecule has 1 amide bonds. The van der Waals surface area contributed by atoms with Crippen molar-refractivity contribution >= 4 is 34.9 Å². The van der Waals surface area contributed by atoms with E-state index >= 15 is 0 Å². The van der Waals surface area contributed by atoms with Crippen LogP contribution in [0.25, 0.3) is 11.6 Å². The second-order valence-electron chi connectivity index (χ2n) is 10.9. The summed E-state index contributed by atoms with van der Waals surface area (Å²) in [6.07, 6.45) is 5.36. The van der Waals surface area contributed by atoms with Crippen molar-refractivity contribution in [1.29, 1.82) is 0 Å². The number of para-hydroxylation sites is 1. The van der Waals surface area contributed by atoms with Crippen LogP contribution in [-0.2, 0) is 30.3 Å². The molecule has 0 fully saturated rings. The van der Waals surface area contributed by atoms with Crippen LogP contribution in [0.4, 0.5) is 11.4 Å². The number of ether oxygens (including phenoxy) is 4. The number of carbonyl (C=O) groups excluding carboxylic acids is 2. The summed E-state index contributed by atoms with van der Waals surface area (Å²) in [7, 11) is 0. The van der Waals surface area contributed by atoms with Gasteiger partial charge >= 0.3 is 5.97 Å².